The van der Waals surface area contributed by atoms with Crippen LogP contribution in [0.5, 0.6) is 0 Å². The highest BCUT2D eigenvalue weighted by Crippen LogP contribution is 2.38. The molecule has 1 aromatic heterocycles. The molecule has 0 radical (unpaired) electrons. The summed E-state index contributed by atoms with van der Waals surface area (Å²) in [6, 6.07) is 14.0. The van der Waals surface area contributed by atoms with Crippen molar-refractivity contribution in [1.82, 2.24) is 24.8 Å². The normalized spacial score (nSPS) is 17.9. The van der Waals surface area contributed by atoms with Crippen molar-refractivity contribution in [1.29, 1.82) is 0 Å². The molecule has 242 valence electrons. The third-order valence-corrected chi connectivity index (χ3v) is 8.81. The zero-order valence-corrected chi connectivity index (χ0v) is 26.3. The van der Waals surface area contributed by atoms with Crippen LogP contribution in [0.15, 0.2) is 66.9 Å². The molecule has 0 saturated carbocycles. The summed E-state index contributed by atoms with van der Waals surface area (Å²) in [4.78, 5) is 58.0. The number of hydrogen-bond acceptors (Lipinski definition) is 7. The molecule has 3 amide bonds. The van der Waals surface area contributed by atoms with E-state index in [-0.39, 0.29) is 40.5 Å². The van der Waals surface area contributed by atoms with Gasteiger partial charge in [0, 0.05) is 24.5 Å². The van der Waals surface area contributed by atoms with E-state index in [4.69, 9.17) is 11.6 Å². The Morgan fingerprint density at radius 1 is 1.02 bits per heavy atom. The first kappa shape index (κ1) is 31.8. The van der Waals surface area contributed by atoms with Gasteiger partial charge in [-0.15, -0.1) is 5.10 Å². The van der Waals surface area contributed by atoms with Crippen molar-refractivity contribution < 1.29 is 28.7 Å². The molecule has 3 heterocycles. The number of benzene rings is 3. The average Bonchev–Trinajstić information content (AvgIpc) is 3.55. The lowest BCUT2D eigenvalue weighted by atomic mass is 9.89. The van der Waals surface area contributed by atoms with E-state index in [9.17, 15) is 28.7 Å². The predicted octanol–water partition coefficient (Wildman–Crippen LogP) is 4.19. The molecule has 0 spiro atoms. The number of aromatic carboxylic acids is 1. The third kappa shape index (κ3) is 6.07. The fraction of sp³-hybridized carbons (Fsp3) is 0.273. The van der Waals surface area contributed by atoms with Gasteiger partial charge in [0.15, 0.2) is 11.5 Å². The van der Waals surface area contributed by atoms with Crippen molar-refractivity contribution in [2.75, 3.05) is 37.4 Å². The van der Waals surface area contributed by atoms with E-state index in [1.165, 1.54) is 47.5 Å². The number of likely N-dealkylation sites (N-methyl/N-ethyl adjacent to an activating group) is 1. The second-order valence-corrected chi connectivity index (χ2v) is 12.0. The van der Waals surface area contributed by atoms with Crippen molar-refractivity contribution in [3.8, 4) is 5.69 Å². The molecule has 2 aliphatic heterocycles. The summed E-state index contributed by atoms with van der Waals surface area (Å²) in [5.74, 6) is -3.03. The average molecular weight is 660 g/mol. The lowest BCUT2D eigenvalue weighted by Gasteiger charge is -2.40. The van der Waals surface area contributed by atoms with Crippen molar-refractivity contribution >= 4 is 46.7 Å². The van der Waals surface area contributed by atoms with Gasteiger partial charge in [-0.1, -0.05) is 35.0 Å². The Morgan fingerprint density at radius 2 is 1.74 bits per heavy atom. The van der Waals surface area contributed by atoms with Gasteiger partial charge in [-0.05, 0) is 86.9 Å². The molecule has 47 heavy (non-hydrogen) atoms. The molecule has 2 N–H and O–H groups in total. The molecule has 0 bridgehead atoms. The number of carboxylic acids is 1. The molecule has 6 rings (SSSR count). The number of piperidine rings is 1. The molecular weight excluding hydrogens is 629 g/mol. The Bertz CT molecular complexity index is 1880. The lowest BCUT2D eigenvalue weighted by Crippen LogP contribution is -2.51. The number of rotatable bonds is 7. The molecule has 1 unspecified atom stereocenters. The van der Waals surface area contributed by atoms with Crippen LogP contribution >= 0.6 is 11.6 Å². The summed E-state index contributed by atoms with van der Waals surface area (Å²) in [5.41, 5.74) is 2.26. The highest BCUT2D eigenvalue weighted by Gasteiger charge is 2.40. The molecule has 0 aliphatic carbocycles. The smallest absolute Gasteiger partial charge is 0.335 e. The van der Waals surface area contributed by atoms with Crippen molar-refractivity contribution in [3.63, 3.8) is 0 Å². The molecule has 1 saturated heterocycles. The summed E-state index contributed by atoms with van der Waals surface area (Å²) >= 11 is 5.94. The first-order valence-electron chi connectivity index (χ1n) is 15.0. The summed E-state index contributed by atoms with van der Waals surface area (Å²) in [6.07, 6.45) is 3.17. The van der Waals surface area contributed by atoms with Crippen LogP contribution in [0.2, 0.25) is 5.02 Å². The van der Waals surface area contributed by atoms with Crippen LogP contribution in [0.3, 0.4) is 0 Å². The van der Waals surface area contributed by atoms with Crippen molar-refractivity contribution in [3.05, 3.63) is 100 Å². The Balaban J connectivity index is 1.38. The monoisotopic (exact) mass is 659 g/mol. The van der Waals surface area contributed by atoms with Gasteiger partial charge in [-0.3, -0.25) is 19.3 Å². The Kier molecular flexibility index (Phi) is 8.76. The number of fused-ring (bicyclic) bond motifs is 1. The van der Waals surface area contributed by atoms with Crippen LogP contribution in [0.4, 0.5) is 15.8 Å². The molecule has 2 aliphatic rings. The van der Waals surface area contributed by atoms with E-state index in [0.717, 1.165) is 23.1 Å². The largest absolute Gasteiger partial charge is 0.478 e. The maximum Gasteiger partial charge on any atom is 0.335 e. The number of halogens is 2. The van der Waals surface area contributed by atoms with Gasteiger partial charge < -0.3 is 20.2 Å². The van der Waals surface area contributed by atoms with Gasteiger partial charge >= 0.3 is 5.97 Å². The van der Waals surface area contributed by atoms with Gasteiger partial charge in [0.05, 0.1) is 22.8 Å². The first-order chi connectivity index (χ1) is 22.5. The van der Waals surface area contributed by atoms with Crippen LogP contribution in [0.1, 0.15) is 50.9 Å². The standard InChI is InChI=1S/C33H31ClFN7O5/c1-39(2)27-10-5-16-40(32(27)45)25-8-3-6-22-21(25)15-17-41(29(22)30(43)36-20-13-11-19(12-14-20)33(46)47)31(44)24-18-42(38-37-24)26-9-4-7-23(34)28(26)35/h3-4,6-9,11-14,18,27,29H,5,10,15-17H2,1-2H3,(H,36,43)(H,46,47)/t27-,29?/m0/s1. The second-order valence-electron chi connectivity index (χ2n) is 11.6. The predicted molar refractivity (Wildman–Crippen MR) is 171 cm³/mol. The summed E-state index contributed by atoms with van der Waals surface area (Å²) in [6.45, 7) is 0.634. The quantitative estimate of drug-likeness (QED) is 0.301. The zero-order chi connectivity index (χ0) is 33.4. The van der Waals surface area contributed by atoms with Gasteiger partial charge in [-0.2, -0.15) is 0 Å². The Morgan fingerprint density at radius 3 is 2.47 bits per heavy atom. The minimum absolute atomic E-state index is 0.000917. The van der Waals surface area contributed by atoms with E-state index < -0.39 is 29.6 Å². The van der Waals surface area contributed by atoms with Crippen LogP contribution in [-0.2, 0) is 16.0 Å². The van der Waals surface area contributed by atoms with E-state index >= 15 is 0 Å². The minimum atomic E-state index is -1.15. The number of carboxylic acid groups (broad SMARTS) is 1. The second kappa shape index (κ2) is 12.9. The topological polar surface area (TPSA) is 141 Å². The number of aromatic nitrogens is 3. The highest BCUT2D eigenvalue weighted by atomic mass is 35.5. The van der Waals surface area contributed by atoms with Gasteiger partial charge in [0.2, 0.25) is 5.91 Å². The number of carbonyl (C=O) groups is 4. The van der Waals surface area contributed by atoms with Crippen molar-refractivity contribution in [2.45, 2.75) is 31.3 Å². The summed E-state index contributed by atoms with van der Waals surface area (Å²) in [7, 11) is 3.74. The van der Waals surface area contributed by atoms with E-state index in [1.807, 2.05) is 25.1 Å². The summed E-state index contributed by atoms with van der Waals surface area (Å²) in [5, 5.41) is 19.9. The zero-order valence-electron chi connectivity index (χ0n) is 25.6. The van der Waals surface area contributed by atoms with Gasteiger partial charge in [-0.25, -0.2) is 13.9 Å². The van der Waals surface area contributed by atoms with Crippen LogP contribution in [0.25, 0.3) is 5.69 Å². The van der Waals surface area contributed by atoms with Crippen LogP contribution < -0.4 is 10.2 Å². The first-order valence-corrected chi connectivity index (χ1v) is 15.3. The summed E-state index contributed by atoms with van der Waals surface area (Å²) < 4.78 is 15.8. The maximum absolute atomic E-state index is 14.7. The molecule has 12 nitrogen and oxygen atoms in total. The molecule has 4 aromatic rings. The number of nitrogens with one attached hydrogen (secondary N) is 1. The highest BCUT2D eigenvalue weighted by molar-refractivity contribution is 6.30. The SMILES string of the molecule is CN(C)[C@H]1CCCN(c2cccc3c2CCN(C(=O)c2cn(-c4cccc(Cl)c4F)nn2)C3C(=O)Nc2ccc(C(=O)O)cc2)C1=O. The van der Waals surface area contributed by atoms with Gasteiger partial charge in [0.25, 0.3) is 11.8 Å². The number of hydrogen-bond donors (Lipinski definition) is 2. The van der Waals surface area contributed by atoms with Crippen LogP contribution in [0, 0.1) is 5.82 Å². The van der Waals surface area contributed by atoms with Crippen LogP contribution in [-0.4, -0.2) is 86.8 Å². The number of carbonyl (C=O) groups excluding carboxylic acids is 3. The van der Waals surface area contributed by atoms with Crippen molar-refractivity contribution in [2.24, 2.45) is 0 Å². The fourth-order valence-corrected chi connectivity index (χ4v) is 6.35. The fourth-order valence-electron chi connectivity index (χ4n) is 6.18. The number of anilines is 2. The molecule has 3 aromatic carbocycles. The minimum Gasteiger partial charge on any atom is -0.478 e. The maximum atomic E-state index is 14.7. The molecule has 1 fully saturated rings. The number of nitrogens with zero attached hydrogens (tertiary/aromatic N) is 6. The Labute approximate surface area is 274 Å². The number of amides is 3. The third-order valence-electron chi connectivity index (χ3n) is 8.52. The molecular formula is C33H31ClFN7O5. The Hall–Kier alpha value is -5.14. The van der Waals surface area contributed by atoms with E-state index in [0.29, 0.717) is 29.9 Å². The molecule has 2 atom stereocenters. The lowest BCUT2D eigenvalue weighted by molar-refractivity contribution is -0.124. The van der Waals surface area contributed by atoms with Gasteiger partial charge in [0.1, 0.15) is 11.7 Å². The molecule has 14 heteroatoms. The van der Waals surface area contributed by atoms with E-state index in [2.05, 4.69) is 15.6 Å². The van der Waals surface area contributed by atoms with E-state index in [1.54, 1.807) is 23.1 Å².